The van der Waals surface area contributed by atoms with Gasteiger partial charge < -0.3 is 9.13 Å². The van der Waals surface area contributed by atoms with E-state index in [1.807, 2.05) is 36.4 Å². The van der Waals surface area contributed by atoms with Crippen LogP contribution in [0.4, 0.5) is 4.39 Å². The molecule has 5 rings (SSSR count). The van der Waals surface area contributed by atoms with Gasteiger partial charge >= 0.3 is 0 Å². The van der Waals surface area contributed by atoms with Crippen molar-refractivity contribution >= 4 is 33.5 Å². The van der Waals surface area contributed by atoms with Gasteiger partial charge in [-0.15, -0.1) is 6.42 Å². The molecule has 0 amide bonds. The Morgan fingerprint density at radius 1 is 1.06 bits per heavy atom. The fourth-order valence-electron chi connectivity index (χ4n) is 4.35. The molecule has 1 atom stereocenters. The first kappa shape index (κ1) is 23.0. The Morgan fingerprint density at radius 2 is 1.83 bits per heavy atom. The number of hydrogen-bond donors (Lipinski definition) is 0. The quantitative estimate of drug-likeness (QED) is 0.220. The second-order valence-electron chi connectivity index (χ2n) is 8.32. The summed E-state index contributed by atoms with van der Waals surface area (Å²) < 4.78 is 21.5. The van der Waals surface area contributed by atoms with Crippen molar-refractivity contribution in [2.24, 2.45) is 14.1 Å². The third kappa shape index (κ3) is 3.84. The van der Waals surface area contributed by atoms with Crippen LogP contribution in [0.1, 0.15) is 22.5 Å². The largest absolute Gasteiger partial charge is 0.334 e. The molecule has 0 saturated heterocycles. The molecule has 0 fully saturated rings. The Labute approximate surface area is 215 Å². The van der Waals surface area contributed by atoms with Gasteiger partial charge in [0.1, 0.15) is 0 Å². The van der Waals surface area contributed by atoms with Crippen LogP contribution in [0, 0.1) is 15.9 Å². The number of rotatable bonds is 4. The predicted molar refractivity (Wildman–Crippen MR) is 144 cm³/mol. The molecule has 0 aliphatic rings. The van der Waals surface area contributed by atoms with Crippen LogP contribution >= 0.6 is 22.6 Å². The summed E-state index contributed by atoms with van der Waals surface area (Å²) in [5.74, 6) is 2.63. The molecule has 7 heteroatoms. The fraction of sp³-hybridized carbons (Fsp3) is 0.107. The highest BCUT2D eigenvalue weighted by Gasteiger charge is 2.41. The number of nitrogens with zero attached hydrogens (tertiary/aromatic N) is 4. The van der Waals surface area contributed by atoms with Crippen LogP contribution < -0.4 is 5.56 Å². The summed E-state index contributed by atoms with van der Waals surface area (Å²) in [6.45, 7) is 0. The van der Waals surface area contributed by atoms with E-state index in [0.717, 1.165) is 9.13 Å². The number of aryl methyl sites for hydroxylation is 2. The first-order valence-corrected chi connectivity index (χ1v) is 11.9. The van der Waals surface area contributed by atoms with Crippen LogP contribution in [0.15, 0.2) is 84.2 Å². The van der Waals surface area contributed by atoms with Crippen LogP contribution in [0.5, 0.6) is 0 Å². The van der Waals surface area contributed by atoms with E-state index in [-0.39, 0.29) is 11.3 Å². The van der Waals surface area contributed by atoms with E-state index in [4.69, 9.17) is 6.42 Å². The summed E-state index contributed by atoms with van der Waals surface area (Å²) in [5, 5.41) is 0.695. The van der Waals surface area contributed by atoms with E-state index in [1.54, 1.807) is 55.5 Å². The van der Waals surface area contributed by atoms with Crippen LogP contribution in [0.25, 0.3) is 22.0 Å². The van der Waals surface area contributed by atoms with Crippen molar-refractivity contribution in [3.8, 4) is 23.5 Å². The average molecular weight is 574 g/mol. The zero-order valence-corrected chi connectivity index (χ0v) is 21.2. The van der Waals surface area contributed by atoms with Gasteiger partial charge in [-0.2, -0.15) is 0 Å². The SMILES string of the molecule is C#Cc1cccc(-c2cc(=O)n(C)c3cnc([C@](F)(c4ccc(I)cc4)c4cncn4C)cc23)c1. The molecule has 0 unspecified atom stereocenters. The van der Waals surface area contributed by atoms with Crippen molar-refractivity contribution in [1.82, 2.24) is 19.1 Å². The molecule has 3 aromatic heterocycles. The Morgan fingerprint density at radius 3 is 2.51 bits per heavy atom. The summed E-state index contributed by atoms with van der Waals surface area (Å²) in [7, 11) is 3.43. The van der Waals surface area contributed by atoms with Crippen LogP contribution in [0.2, 0.25) is 0 Å². The maximum atomic E-state index is 17.4. The van der Waals surface area contributed by atoms with Crippen molar-refractivity contribution in [2.45, 2.75) is 5.67 Å². The standard InChI is InChI=1S/C28H20FIN4O/c1-4-18-6-5-7-19(12-18)22-14-27(35)34(3)24-15-32-25(13-23(22)24)28(29,26-16-31-17-33(26)2)20-8-10-21(30)11-9-20/h1,5-17H,2-3H3/t28-/m1/s1. The van der Waals surface area contributed by atoms with Gasteiger partial charge in [-0.3, -0.25) is 9.78 Å². The van der Waals surface area contributed by atoms with Crippen molar-refractivity contribution in [3.63, 3.8) is 0 Å². The third-order valence-electron chi connectivity index (χ3n) is 6.24. The molecule has 35 heavy (non-hydrogen) atoms. The number of benzene rings is 2. The van der Waals surface area contributed by atoms with E-state index < -0.39 is 5.67 Å². The van der Waals surface area contributed by atoms with E-state index >= 15 is 4.39 Å². The Bertz CT molecular complexity index is 1680. The Hall–Kier alpha value is -3.77. The highest BCUT2D eigenvalue weighted by atomic mass is 127. The minimum Gasteiger partial charge on any atom is -0.334 e. The second-order valence-corrected chi connectivity index (χ2v) is 9.57. The maximum absolute atomic E-state index is 17.4. The molecule has 5 nitrogen and oxygen atoms in total. The minimum atomic E-state index is -2.07. The third-order valence-corrected chi connectivity index (χ3v) is 6.96. The van der Waals surface area contributed by atoms with Gasteiger partial charge in [0.05, 0.1) is 35.6 Å². The van der Waals surface area contributed by atoms with E-state index in [9.17, 15) is 4.79 Å². The summed E-state index contributed by atoms with van der Waals surface area (Å²) in [6.07, 6.45) is 10.2. The Balaban J connectivity index is 1.84. The molecule has 3 heterocycles. The molecule has 0 bridgehead atoms. The summed E-state index contributed by atoms with van der Waals surface area (Å²) in [6, 6.07) is 17.9. The summed E-state index contributed by atoms with van der Waals surface area (Å²) in [4.78, 5) is 21.5. The van der Waals surface area contributed by atoms with Crippen LogP contribution in [-0.2, 0) is 19.8 Å². The number of pyridine rings is 2. The highest BCUT2D eigenvalue weighted by Crippen LogP contribution is 2.41. The number of imidazole rings is 1. The smallest absolute Gasteiger partial charge is 0.251 e. The van der Waals surface area contributed by atoms with E-state index in [0.29, 0.717) is 33.3 Å². The number of alkyl halides is 1. The molecule has 0 N–H and O–H groups in total. The lowest BCUT2D eigenvalue weighted by atomic mass is 9.87. The number of halogens is 2. The lowest BCUT2D eigenvalue weighted by molar-refractivity contribution is 0.260. The summed E-state index contributed by atoms with van der Waals surface area (Å²) >= 11 is 2.19. The Kier molecular flexibility index (Phi) is 5.77. The first-order chi connectivity index (χ1) is 16.8. The molecular weight excluding hydrogens is 554 g/mol. The maximum Gasteiger partial charge on any atom is 0.251 e. The van der Waals surface area contributed by atoms with E-state index in [1.165, 1.54) is 10.8 Å². The molecule has 5 aromatic rings. The van der Waals surface area contributed by atoms with Gasteiger partial charge in [0.2, 0.25) is 5.67 Å². The summed E-state index contributed by atoms with van der Waals surface area (Å²) in [5.41, 5.74) is 1.46. The van der Waals surface area contributed by atoms with Crippen LogP contribution in [0.3, 0.4) is 0 Å². The molecule has 0 aliphatic carbocycles. The lowest BCUT2D eigenvalue weighted by Gasteiger charge is -2.26. The predicted octanol–water partition coefficient (Wildman–Crippen LogP) is 5.18. The zero-order chi connectivity index (χ0) is 24.7. The van der Waals surface area contributed by atoms with Crippen molar-refractivity contribution in [2.75, 3.05) is 0 Å². The van der Waals surface area contributed by atoms with Gasteiger partial charge in [-0.05, 0) is 64.0 Å². The fourth-order valence-corrected chi connectivity index (χ4v) is 4.71. The molecule has 2 aromatic carbocycles. The zero-order valence-electron chi connectivity index (χ0n) is 19.0. The van der Waals surface area contributed by atoms with Gasteiger partial charge in [0, 0.05) is 40.2 Å². The monoisotopic (exact) mass is 574 g/mol. The first-order valence-electron chi connectivity index (χ1n) is 10.8. The molecule has 0 radical (unpaired) electrons. The number of aromatic nitrogens is 4. The van der Waals surface area contributed by atoms with Gasteiger partial charge in [-0.25, -0.2) is 9.37 Å². The highest BCUT2D eigenvalue weighted by molar-refractivity contribution is 14.1. The number of hydrogen-bond acceptors (Lipinski definition) is 3. The molecule has 0 saturated carbocycles. The van der Waals surface area contributed by atoms with Crippen molar-refractivity contribution in [3.05, 3.63) is 116 Å². The van der Waals surface area contributed by atoms with E-state index in [2.05, 4.69) is 38.5 Å². The van der Waals surface area contributed by atoms with Crippen molar-refractivity contribution in [1.29, 1.82) is 0 Å². The van der Waals surface area contributed by atoms with Gasteiger partial charge in [0.25, 0.3) is 5.56 Å². The van der Waals surface area contributed by atoms with Crippen molar-refractivity contribution < 1.29 is 4.39 Å². The average Bonchev–Trinajstić information content (AvgIpc) is 3.32. The number of terminal acetylenes is 1. The molecule has 172 valence electrons. The normalized spacial score (nSPS) is 12.9. The number of fused-ring (bicyclic) bond motifs is 1. The molecular formula is C28H20FIN4O. The lowest BCUT2D eigenvalue weighted by Crippen LogP contribution is -2.28. The van der Waals surface area contributed by atoms with Crippen LogP contribution in [-0.4, -0.2) is 19.1 Å². The van der Waals surface area contributed by atoms with Gasteiger partial charge in [0.15, 0.2) is 0 Å². The van der Waals surface area contributed by atoms with Gasteiger partial charge in [-0.1, -0.05) is 30.2 Å². The molecule has 0 spiro atoms. The molecule has 0 aliphatic heterocycles. The second kappa shape index (κ2) is 8.78. The minimum absolute atomic E-state index is 0.191. The topological polar surface area (TPSA) is 52.7 Å².